The summed E-state index contributed by atoms with van der Waals surface area (Å²) in [6, 6.07) is 0. The van der Waals surface area contributed by atoms with Crippen LogP contribution >= 0.6 is 11.3 Å². The van der Waals surface area contributed by atoms with Gasteiger partial charge >= 0.3 is 0 Å². The molecular weight excluding hydrogens is 148 g/mol. The summed E-state index contributed by atoms with van der Waals surface area (Å²) < 4.78 is 4.94. The lowest BCUT2D eigenvalue weighted by atomic mass is 10.3. The van der Waals surface area contributed by atoms with Crippen molar-refractivity contribution >= 4 is 17.6 Å². The zero-order chi connectivity index (χ0) is 7.40. The Morgan fingerprint density at radius 1 is 1.90 bits per heavy atom. The Kier molecular flexibility index (Phi) is 2.53. The molecule has 0 aliphatic carbocycles. The van der Waals surface area contributed by atoms with Gasteiger partial charge in [0.25, 0.3) is 0 Å². The molecule has 54 valence electrons. The van der Waals surface area contributed by atoms with Crippen LogP contribution in [0.2, 0.25) is 0 Å². The van der Waals surface area contributed by atoms with Crippen LogP contribution in [0.4, 0.5) is 0 Å². The van der Waals surface area contributed by atoms with Gasteiger partial charge in [-0.3, -0.25) is 0 Å². The van der Waals surface area contributed by atoms with Crippen molar-refractivity contribution in [3.8, 4) is 0 Å². The molecule has 0 amide bonds. The molecule has 0 spiro atoms. The van der Waals surface area contributed by atoms with Crippen molar-refractivity contribution in [3.63, 3.8) is 0 Å². The minimum Gasteiger partial charge on any atom is -0.369 e. The van der Waals surface area contributed by atoms with Crippen LogP contribution in [0, 0.1) is 5.41 Å². The molecule has 1 heterocycles. The molecule has 0 aromatic carbocycles. The zero-order valence-electron chi connectivity index (χ0n) is 5.57. The SMILES string of the molecule is COC(C=N)c1cscn1. The predicted molar refractivity (Wildman–Crippen MR) is 40.6 cm³/mol. The lowest BCUT2D eigenvalue weighted by Crippen LogP contribution is -2.01. The predicted octanol–water partition coefficient (Wildman–Crippen LogP) is 1.48. The second-order valence-electron chi connectivity index (χ2n) is 1.74. The summed E-state index contributed by atoms with van der Waals surface area (Å²) >= 11 is 1.50. The lowest BCUT2D eigenvalue weighted by molar-refractivity contribution is 0.158. The van der Waals surface area contributed by atoms with E-state index in [1.54, 1.807) is 12.6 Å². The van der Waals surface area contributed by atoms with E-state index in [-0.39, 0.29) is 6.10 Å². The Hall–Kier alpha value is -0.740. The topological polar surface area (TPSA) is 46.0 Å². The van der Waals surface area contributed by atoms with E-state index >= 15 is 0 Å². The number of ether oxygens (including phenoxy) is 1. The summed E-state index contributed by atoms with van der Waals surface area (Å²) in [5, 5.41) is 8.82. The van der Waals surface area contributed by atoms with Crippen LogP contribution in [-0.4, -0.2) is 18.3 Å². The third kappa shape index (κ3) is 1.40. The number of hydrogen-bond acceptors (Lipinski definition) is 4. The van der Waals surface area contributed by atoms with Crippen molar-refractivity contribution in [3.05, 3.63) is 16.6 Å². The van der Waals surface area contributed by atoms with Crippen molar-refractivity contribution in [1.82, 2.24) is 4.98 Å². The Labute approximate surface area is 63.2 Å². The van der Waals surface area contributed by atoms with Gasteiger partial charge in [0.1, 0.15) is 6.10 Å². The fraction of sp³-hybridized carbons (Fsp3) is 0.333. The molecule has 1 unspecified atom stereocenters. The fourth-order valence-corrected chi connectivity index (χ4v) is 1.21. The van der Waals surface area contributed by atoms with Gasteiger partial charge in [-0.2, -0.15) is 0 Å². The molecule has 1 aromatic heterocycles. The van der Waals surface area contributed by atoms with Crippen LogP contribution in [0.5, 0.6) is 0 Å². The van der Waals surface area contributed by atoms with Gasteiger partial charge in [-0.05, 0) is 0 Å². The summed E-state index contributed by atoms with van der Waals surface area (Å²) in [5.74, 6) is 0. The molecule has 0 saturated carbocycles. The molecule has 0 fully saturated rings. The van der Waals surface area contributed by atoms with E-state index in [1.807, 2.05) is 5.38 Å². The first kappa shape index (κ1) is 7.37. The van der Waals surface area contributed by atoms with Gasteiger partial charge in [0.15, 0.2) is 0 Å². The highest BCUT2D eigenvalue weighted by Crippen LogP contribution is 2.12. The maximum Gasteiger partial charge on any atom is 0.134 e. The van der Waals surface area contributed by atoms with Crippen LogP contribution in [0.3, 0.4) is 0 Å². The first-order valence-corrected chi connectivity index (χ1v) is 3.74. The third-order valence-corrected chi connectivity index (χ3v) is 1.75. The van der Waals surface area contributed by atoms with Crippen LogP contribution in [0.25, 0.3) is 0 Å². The van der Waals surface area contributed by atoms with E-state index in [1.165, 1.54) is 17.6 Å². The van der Waals surface area contributed by atoms with Crippen LogP contribution in [0.1, 0.15) is 11.8 Å². The first-order chi connectivity index (χ1) is 4.88. The summed E-state index contributed by atoms with van der Waals surface area (Å²) in [6.45, 7) is 0. The van der Waals surface area contributed by atoms with Gasteiger partial charge in [-0.25, -0.2) is 4.98 Å². The summed E-state index contributed by atoms with van der Waals surface area (Å²) in [7, 11) is 1.56. The second kappa shape index (κ2) is 3.43. The molecule has 4 heteroatoms. The molecule has 1 N–H and O–H groups in total. The molecule has 0 radical (unpaired) electrons. The molecule has 3 nitrogen and oxygen atoms in total. The molecule has 0 aliphatic heterocycles. The molecule has 0 bridgehead atoms. The monoisotopic (exact) mass is 156 g/mol. The maximum absolute atomic E-state index is 6.95. The molecule has 0 aliphatic rings. The molecular formula is C6H8N2OS. The van der Waals surface area contributed by atoms with Gasteiger partial charge < -0.3 is 10.1 Å². The van der Waals surface area contributed by atoms with Gasteiger partial charge in [0.2, 0.25) is 0 Å². The van der Waals surface area contributed by atoms with E-state index in [9.17, 15) is 0 Å². The fourth-order valence-electron chi connectivity index (χ4n) is 0.637. The maximum atomic E-state index is 6.95. The number of nitrogens with zero attached hydrogens (tertiary/aromatic N) is 1. The number of nitrogens with one attached hydrogen (secondary N) is 1. The molecule has 1 rings (SSSR count). The highest BCUT2D eigenvalue weighted by molar-refractivity contribution is 7.07. The number of methoxy groups -OCH3 is 1. The Morgan fingerprint density at radius 3 is 3.10 bits per heavy atom. The Bertz CT molecular complexity index is 198. The minimum atomic E-state index is -0.272. The van der Waals surface area contributed by atoms with E-state index in [4.69, 9.17) is 10.1 Å². The quantitative estimate of drug-likeness (QED) is 0.674. The second-order valence-corrected chi connectivity index (χ2v) is 2.45. The Balaban J connectivity index is 2.73. The van der Waals surface area contributed by atoms with Gasteiger partial charge in [0.05, 0.1) is 11.2 Å². The molecule has 10 heavy (non-hydrogen) atoms. The summed E-state index contributed by atoms with van der Waals surface area (Å²) in [5.41, 5.74) is 2.53. The highest BCUT2D eigenvalue weighted by atomic mass is 32.1. The van der Waals surface area contributed by atoms with E-state index in [2.05, 4.69) is 4.98 Å². The summed E-state index contributed by atoms with van der Waals surface area (Å²) in [6.07, 6.45) is 0.959. The number of thiazole rings is 1. The average Bonchev–Trinajstić information content (AvgIpc) is 2.43. The first-order valence-electron chi connectivity index (χ1n) is 2.80. The Morgan fingerprint density at radius 2 is 2.70 bits per heavy atom. The van der Waals surface area contributed by atoms with E-state index in [0.29, 0.717) is 0 Å². The van der Waals surface area contributed by atoms with Crippen LogP contribution in [0.15, 0.2) is 10.9 Å². The average molecular weight is 156 g/mol. The van der Waals surface area contributed by atoms with Crippen molar-refractivity contribution < 1.29 is 4.74 Å². The van der Waals surface area contributed by atoms with Gasteiger partial charge in [-0.1, -0.05) is 0 Å². The largest absolute Gasteiger partial charge is 0.369 e. The zero-order valence-corrected chi connectivity index (χ0v) is 6.39. The van der Waals surface area contributed by atoms with E-state index < -0.39 is 0 Å². The normalized spacial score (nSPS) is 12.9. The van der Waals surface area contributed by atoms with Crippen molar-refractivity contribution in [2.75, 3.05) is 7.11 Å². The molecule has 1 atom stereocenters. The van der Waals surface area contributed by atoms with Crippen molar-refractivity contribution in [2.24, 2.45) is 0 Å². The molecule has 1 aromatic rings. The van der Waals surface area contributed by atoms with Crippen LogP contribution in [-0.2, 0) is 4.74 Å². The number of aromatic nitrogens is 1. The van der Waals surface area contributed by atoms with Crippen LogP contribution < -0.4 is 0 Å². The minimum absolute atomic E-state index is 0.272. The van der Waals surface area contributed by atoms with Gasteiger partial charge in [-0.15, -0.1) is 11.3 Å². The third-order valence-electron chi connectivity index (χ3n) is 1.15. The standard InChI is InChI=1S/C6H8N2OS/c1-9-6(2-7)5-3-10-4-8-5/h2-4,6-7H,1H3. The highest BCUT2D eigenvalue weighted by Gasteiger charge is 2.06. The van der Waals surface area contributed by atoms with E-state index in [0.717, 1.165) is 5.69 Å². The van der Waals surface area contributed by atoms with Gasteiger partial charge in [0, 0.05) is 18.7 Å². The number of rotatable bonds is 3. The lowest BCUT2D eigenvalue weighted by Gasteiger charge is -2.03. The van der Waals surface area contributed by atoms with Crippen molar-refractivity contribution in [2.45, 2.75) is 6.10 Å². The summed E-state index contributed by atoms with van der Waals surface area (Å²) in [4.78, 5) is 4.00. The van der Waals surface area contributed by atoms with Crippen molar-refractivity contribution in [1.29, 1.82) is 5.41 Å². The molecule has 0 saturated heterocycles. The smallest absolute Gasteiger partial charge is 0.134 e. The number of hydrogen-bond donors (Lipinski definition) is 1.